The SMILES string of the molecule is COc1ccccc1C(C)[C@H](C)CNc1cc(-c2cnc3c(cnn3C3CS(=O)(=O)C3)c2)ncn1. The fourth-order valence-electron chi connectivity index (χ4n) is 4.43. The van der Waals surface area contributed by atoms with Crippen molar-refractivity contribution in [2.45, 2.75) is 25.8 Å². The highest BCUT2D eigenvalue weighted by Gasteiger charge is 2.36. The molecular formula is C25H28N6O3S. The molecule has 1 aliphatic rings. The lowest BCUT2D eigenvalue weighted by Gasteiger charge is -2.26. The summed E-state index contributed by atoms with van der Waals surface area (Å²) in [6.45, 7) is 5.15. The topological polar surface area (TPSA) is 112 Å². The number of aromatic nitrogens is 5. The van der Waals surface area contributed by atoms with Crippen molar-refractivity contribution in [3.05, 3.63) is 60.7 Å². The van der Waals surface area contributed by atoms with E-state index in [-0.39, 0.29) is 17.5 Å². The second kappa shape index (κ2) is 9.26. The van der Waals surface area contributed by atoms with E-state index in [2.05, 4.69) is 45.3 Å². The number of fused-ring (bicyclic) bond motifs is 1. The summed E-state index contributed by atoms with van der Waals surface area (Å²) in [5.41, 5.74) is 3.47. The quantitative estimate of drug-likeness (QED) is 0.396. The summed E-state index contributed by atoms with van der Waals surface area (Å²) >= 11 is 0. The number of anilines is 1. The fourth-order valence-corrected chi connectivity index (χ4v) is 5.79. The predicted molar refractivity (Wildman–Crippen MR) is 135 cm³/mol. The summed E-state index contributed by atoms with van der Waals surface area (Å²) in [6.07, 6.45) is 5.00. The Morgan fingerprint density at radius 1 is 1.11 bits per heavy atom. The first kappa shape index (κ1) is 23.2. The Labute approximate surface area is 204 Å². The molecule has 0 bridgehead atoms. The Balaban J connectivity index is 1.29. The Bertz CT molecular complexity index is 1460. The van der Waals surface area contributed by atoms with Gasteiger partial charge in [0, 0.05) is 29.8 Å². The van der Waals surface area contributed by atoms with Crippen LogP contribution < -0.4 is 10.1 Å². The smallest absolute Gasteiger partial charge is 0.158 e. The Kier molecular flexibility index (Phi) is 6.14. The van der Waals surface area contributed by atoms with E-state index in [0.717, 1.165) is 34.8 Å². The minimum Gasteiger partial charge on any atom is -0.496 e. The minimum atomic E-state index is -2.94. The number of rotatable bonds is 8. The Morgan fingerprint density at radius 2 is 1.91 bits per heavy atom. The number of methoxy groups -OCH3 is 1. The first-order chi connectivity index (χ1) is 16.8. The summed E-state index contributed by atoms with van der Waals surface area (Å²) < 4.78 is 30.3. The van der Waals surface area contributed by atoms with E-state index in [1.165, 1.54) is 5.56 Å². The number of nitrogens with zero attached hydrogens (tertiary/aromatic N) is 5. The van der Waals surface area contributed by atoms with Gasteiger partial charge in [-0.25, -0.2) is 28.1 Å². The van der Waals surface area contributed by atoms with Gasteiger partial charge in [0.25, 0.3) is 0 Å². The highest BCUT2D eigenvalue weighted by atomic mass is 32.2. The van der Waals surface area contributed by atoms with Crippen molar-refractivity contribution in [1.82, 2.24) is 24.7 Å². The van der Waals surface area contributed by atoms with Gasteiger partial charge in [0.2, 0.25) is 0 Å². The standard InChI is InChI=1S/C25H28N6O3S/c1-16(17(2)21-6-4-5-7-23(21)34-3)10-26-24-9-22(28-15-29-24)18-8-19-12-30-31(25(19)27-11-18)20-13-35(32,33)14-20/h4-9,11-12,15-17,20H,10,13-14H2,1-3H3,(H,26,28,29)/t16-,17?/m1/s1. The zero-order valence-electron chi connectivity index (χ0n) is 19.9. The van der Waals surface area contributed by atoms with Gasteiger partial charge >= 0.3 is 0 Å². The van der Waals surface area contributed by atoms with E-state index in [0.29, 0.717) is 17.5 Å². The predicted octanol–water partition coefficient (Wildman–Crippen LogP) is 3.72. The molecule has 5 rings (SSSR count). The van der Waals surface area contributed by atoms with Crippen LogP contribution in [0, 0.1) is 5.92 Å². The second-order valence-corrected chi connectivity index (χ2v) is 11.3. The summed E-state index contributed by atoms with van der Waals surface area (Å²) in [7, 11) is -1.24. The van der Waals surface area contributed by atoms with Gasteiger partial charge < -0.3 is 10.1 Å². The molecule has 2 atom stereocenters. The molecule has 4 heterocycles. The first-order valence-corrected chi connectivity index (χ1v) is 13.4. The lowest BCUT2D eigenvalue weighted by atomic mass is 9.88. The number of sulfone groups is 1. The van der Waals surface area contributed by atoms with Crippen molar-refractivity contribution in [2.24, 2.45) is 5.92 Å². The molecule has 0 amide bonds. The molecule has 1 N–H and O–H groups in total. The summed E-state index contributed by atoms with van der Waals surface area (Å²) in [6, 6.07) is 11.8. The van der Waals surface area contributed by atoms with Crippen LogP contribution in [0.3, 0.4) is 0 Å². The van der Waals surface area contributed by atoms with Crippen molar-refractivity contribution in [2.75, 3.05) is 30.5 Å². The monoisotopic (exact) mass is 492 g/mol. The second-order valence-electron chi connectivity index (χ2n) is 9.13. The molecular weight excluding hydrogens is 464 g/mol. The van der Waals surface area contributed by atoms with Crippen LogP contribution in [-0.4, -0.2) is 58.3 Å². The van der Waals surface area contributed by atoms with Gasteiger partial charge in [0.1, 0.15) is 17.9 Å². The van der Waals surface area contributed by atoms with Crippen molar-refractivity contribution in [3.8, 4) is 17.0 Å². The van der Waals surface area contributed by atoms with Crippen LogP contribution in [-0.2, 0) is 9.84 Å². The molecule has 9 nitrogen and oxygen atoms in total. The van der Waals surface area contributed by atoms with Gasteiger partial charge in [0.05, 0.1) is 36.5 Å². The van der Waals surface area contributed by atoms with Crippen LogP contribution in [0.25, 0.3) is 22.3 Å². The third kappa shape index (κ3) is 4.70. The van der Waals surface area contributed by atoms with E-state index in [9.17, 15) is 8.42 Å². The number of benzene rings is 1. The average molecular weight is 493 g/mol. The molecule has 35 heavy (non-hydrogen) atoms. The molecule has 1 unspecified atom stereocenters. The van der Waals surface area contributed by atoms with Gasteiger partial charge in [-0.15, -0.1) is 0 Å². The molecule has 4 aromatic rings. The van der Waals surface area contributed by atoms with Gasteiger partial charge in [-0.3, -0.25) is 0 Å². The maximum absolute atomic E-state index is 11.5. The number of nitrogens with one attached hydrogen (secondary N) is 1. The summed E-state index contributed by atoms with van der Waals surface area (Å²) in [5.74, 6) is 2.51. The van der Waals surface area contributed by atoms with E-state index in [4.69, 9.17) is 4.74 Å². The number of pyridine rings is 1. The van der Waals surface area contributed by atoms with E-state index >= 15 is 0 Å². The third-order valence-corrected chi connectivity index (χ3v) is 8.51. The minimum absolute atomic E-state index is 0.113. The zero-order valence-corrected chi connectivity index (χ0v) is 20.7. The number of ether oxygens (including phenoxy) is 1. The lowest BCUT2D eigenvalue weighted by molar-refractivity contribution is 0.397. The maximum atomic E-state index is 11.5. The maximum Gasteiger partial charge on any atom is 0.158 e. The molecule has 0 saturated carbocycles. The van der Waals surface area contributed by atoms with Gasteiger partial charge in [-0.2, -0.15) is 5.10 Å². The number of para-hydroxylation sites is 1. The van der Waals surface area contributed by atoms with E-state index in [1.54, 1.807) is 30.5 Å². The van der Waals surface area contributed by atoms with Crippen LogP contribution in [0.4, 0.5) is 5.82 Å². The van der Waals surface area contributed by atoms with E-state index in [1.807, 2.05) is 30.3 Å². The van der Waals surface area contributed by atoms with Gasteiger partial charge in [-0.1, -0.05) is 32.0 Å². The highest BCUT2D eigenvalue weighted by Crippen LogP contribution is 2.32. The molecule has 182 valence electrons. The van der Waals surface area contributed by atoms with Crippen LogP contribution in [0.1, 0.15) is 31.4 Å². The normalized spacial score (nSPS) is 17.0. The average Bonchev–Trinajstić information content (AvgIpc) is 3.28. The molecule has 0 spiro atoms. The first-order valence-electron chi connectivity index (χ1n) is 11.6. The zero-order chi connectivity index (χ0) is 24.6. The highest BCUT2D eigenvalue weighted by molar-refractivity contribution is 7.92. The fraction of sp³-hybridized carbons (Fsp3) is 0.360. The largest absolute Gasteiger partial charge is 0.496 e. The van der Waals surface area contributed by atoms with Gasteiger partial charge in [0.15, 0.2) is 15.5 Å². The third-order valence-electron chi connectivity index (χ3n) is 6.72. The molecule has 10 heteroatoms. The summed E-state index contributed by atoms with van der Waals surface area (Å²) in [5, 5.41) is 8.66. The van der Waals surface area contributed by atoms with Crippen LogP contribution >= 0.6 is 0 Å². The summed E-state index contributed by atoms with van der Waals surface area (Å²) in [4.78, 5) is 13.4. The molecule has 3 aromatic heterocycles. The number of hydrogen-bond acceptors (Lipinski definition) is 8. The molecule has 1 aromatic carbocycles. The lowest BCUT2D eigenvalue weighted by Crippen LogP contribution is -2.38. The van der Waals surface area contributed by atoms with Crippen LogP contribution in [0.15, 0.2) is 55.1 Å². The van der Waals surface area contributed by atoms with Gasteiger partial charge in [-0.05, 0) is 29.5 Å². The molecule has 1 fully saturated rings. The Morgan fingerprint density at radius 3 is 2.69 bits per heavy atom. The van der Waals surface area contributed by atoms with Crippen molar-refractivity contribution >= 4 is 26.7 Å². The molecule has 0 aliphatic carbocycles. The Hall–Kier alpha value is -3.53. The van der Waals surface area contributed by atoms with Crippen molar-refractivity contribution < 1.29 is 13.2 Å². The molecule has 0 radical (unpaired) electrons. The van der Waals surface area contributed by atoms with Crippen LogP contribution in [0.2, 0.25) is 0 Å². The molecule has 1 saturated heterocycles. The van der Waals surface area contributed by atoms with Crippen molar-refractivity contribution in [1.29, 1.82) is 0 Å². The van der Waals surface area contributed by atoms with E-state index < -0.39 is 9.84 Å². The molecule has 1 aliphatic heterocycles. The number of hydrogen-bond donors (Lipinski definition) is 1. The van der Waals surface area contributed by atoms with Crippen molar-refractivity contribution in [3.63, 3.8) is 0 Å². The van der Waals surface area contributed by atoms with Crippen LogP contribution in [0.5, 0.6) is 5.75 Å².